The molecule has 16 heavy (non-hydrogen) atoms. The van der Waals surface area contributed by atoms with Crippen molar-refractivity contribution < 1.29 is 0 Å². The van der Waals surface area contributed by atoms with Crippen molar-refractivity contribution in [3.05, 3.63) is 22.8 Å². The Labute approximate surface area is 97.7 Å². The van der Waals surface area contributed by atoms with E-state index < -0.39 is 0 Å². The third-order valence-electron chi connectivity index (χ3n) is 3.48. The Kier molecular flexibility index (Phi) is 3.54. The van der Waals surface area contributed by atoms with E-state index in [4.69, 9.17) is 0 Å². The van der Waals surface area contributed by atoms with E-state index in [1.165, 1.54) is 29.8 Å². The van der Waals surface area contributed by atoms with Crippen molar-refractivity contribution in [1.29, 1.82) is 0 Å². The van der Waals surface area contributed by atoms with Crippen LogP contribution in [0.2, 0.25) is 0 Å². The molecule has 3 heteroatoms. The Morgan fingerprint density at radius 1 is 1.06 bits per heavy atom. The highest BCUT2D eigenvalue weighted by atomic mass is 14.9. The quantitative estimate of drug-likeness (QED) is 0.826. The highest BCUT2D eigenvalue weighted by Crippen LogP contribution is 2.21. The second-order valence-corrected chi connectivity index (χ2v) is 4.82. The van der Waals surface area contributed by atoms with Gasteiger partial charge in [0.2, 0.25) is 0 Å². The molecule has 1 aromatic heterocycles. The molecule has 0 spiro atoms. The summed E-state index contributed by atoms with van der Waals surface area (Å²) in [6, 6.07) is 0. The average molecular weight is 219 g/mol. The van der Waals surface area contributed by atoms with Gasteiger partial charge in [-0.15, -0.1) is 0 Å². The fourth-order valence-corrected chi connectivity index (χ4v) is 2.58. The highest BCUT2D eigenvalue weighted by Gasteiger charge is 2.16. The lowest BCUT2D eigenvalue weighted by Crippen LogP contribution is -2.29. The zero-order chi connectivity index (χ0) is 11.5. The van der Waals surface area contributed by atoms with Gasteiger partial charge in [-0.1, -0.05) is 0 Å². The van der Waals surface area contributed by atoms with E-state index in [0.717, 1.165) is 31.3 Å². The van der Waals surface area contributed by atoms with Crippen molar-refractivity contribution in [1.82, 2.24) is 15.3 Å². The summed E-state index contributed by atoms with van der Waals surface area (Å²) in [4.78, 5) is 8.95. The monoisotopic (exact) mass is 219 g/mol. The minimum Gasteiger partial charge on any atom is -0.317 e. The Morgan fingerprint density at radius 3 is 2.19 bits per heavy atom. The van der Waals surface area contributed by atoms with Crippen LogP contribution in [0.15, 0.2) is 0 Å². The molecule has 0 saturated carbocycles. The first-order chi connectivity index (χ1) is 7.66. The maximum absolute atomic E-state index is 4.47. The lowest BCUT2D eigenvalue weighted by molar-refractivity contribution is 0.371. The number of nitrogens with one attached hydrogen (secondary N) is 1. The number of aromatic nitrogens is 2. The van der Waals surface area contributed by atoms with Crippen molar-refractivity contribution in [2.24, 2.45) is 5.92 Å². The molecular weight excluding hydrogens is 198 g/mol. The van der Waals surface area contributed by atoms with Crippen molar-refractivity contribution in [2.45, 2.75) is 40.0 Å². The Hall–Kier alpha value is -0.960. The van der Waals surface area contributed by atoms with Crippen molar-refractivity contribution >= 4 is 0 Å². The number of hydrogen-bond acceptors (Lipinski definition) is 3. The summed E-state index contributed by atoms with van der Waals surface area (Å²) in [6.45, 7) is 8.51. The van der Waals surface area contributed by atoms with Gasteiger partial charge >= 0.3 is 0 Å². The van der Waals surface area contributed by atoms with Crippen LogP contribution in [0.3, 0.4) is 0 Å². The van der Waals surface area contributed by atoms with Crippen LogP contribution in [-0.2, 0) is 6.42 Å². The summed E-state index contributed by atoms with van der Waals surface area (Å²) >= 11 is 0. The van der Waals surface area contributed by atoms with Crippen LogP contribution in [0.5, 0.6) is 0 Å². The highest BCUT2D eigenvalue weighted by molar-refractivity contribution is 5.24. The van der Waals surface area contributed by atoms with Gasteiger partial charge in [-0.3, -0.25) is 0 Å². The van der Waals surface area contributed by atoms with Crippen LogP contribution in [0, 0.1) is 26.7 Å². The molecule has 1 fully saturated rings. The van der Waals surface area contributed by atoms with Gasteiger partial charge < -0.3 is 5.32 Å². The molecule has 0 aliphatic carbocycles. The fourth-order valence-electron chi connectivity index (χ4n) is 2.58. The smallest absolute Gasteiger partial charge is 0.125 e. The van der Waals surface area contributed by atoms with Crippen LogP contribution in [0.25, 0.3) is 0 Å². The Morgan fingerprint density at radius 2 is 1.62 bits per heavy atom. The lowest BCUT2D eigenvalue weighted by atomic mass is 9.90. The molecule has 0 bridgehead atoms. The van der Waals surface area contributed by atoms with Crippen LogP contribution in [-0.4, -0.2) is 23.1 Å². The summed E-state index contributed by atoms with van der Waals surface area (Å²) in [6.07, 6.45) is 3.72. The van der Waals surface area contributed by atoms with E-state index in [2.05, 4.69) is 29.1 Å². The van der Waals surface area contributed by atoms with Crippen LogP contribution in [0.1, 0.15) is 35.6 Å². The molecule has 0 amide bonds. The fraction of sp³-hybridized carbons (Fsp3) is 0.692. The largest absolute Gasteiger partial charge is 0.317 e. The predicted octanol–water partition coefficient (Wildman–Crippen LogP) is 1.94. The lowest BCUT2D eigenvalue weighted by Gasteiger charge is -2.23. The average Bonchev–Trinajstić information content (AvgIpc) is 2.25. The minimum absolute atomic E-state index is 0.810. The molecule has 2 heterocycles. The van der Waals surface area contributed by atoms with E-state index in [1.54, 1.807) is 0 Å². The van der Waals surface area contributed by atoms with Crippen LogP contribution < -0.4 is 5.32 Å². The number of aryl methyl sites for hydroxylation is 3. The molecular formula is C13H21N3. The second-order valence-electron chi connectivity index (χ2n) is 4.82. The van der Waals surface area contributed by atoms with Crippen LogP contribution in [0.4, 0.5) is 0 Å². The van der Waals surface area contributed by atoms with Gasteiger partial charge in [0, 0.05) is 11.4 Å². The normalized spacial score (nSPS) is 17.7. The standard InChI is InChI=1S/C13H21N3/c1-9-13(10(2)16-11(3)15-9)8-12-4-6-14-7-5-12/h12,14H,4-8H2,1-3H3. The summed E-state index contributed by atoms with van der Waals surface area (Å²) in [5.74, 6) is 1.70. The van der Waals surface area contributed by atoms with Gasteiger partial charge in [0.05, 0.1) is 0 Å². The molecule has 2 rings (SSSR count). The zero-order valence-electron chi connectivity index (χ0n) is 10.5. The molecule has 0 aromatic carbocycles. The molecule has 1 N–H and O–H groups in total. The minimum atomic E-state index is 0.810. The molecule has 1 aromatic rings. The molecule has 1 aliphatic heterocycles. The van der Waals surface area contributed by atoms with Gasteiger partial charge in [0.25, 0.3) is 0 Å². The molecule has 3 nitrogen and oxygen atoms in total. The number of nitrogens with zero attached hydrogens (tertiary/aromatic N) is 2. The molecule has 0 atom stereocenters. The van der Waals surface area contributed by atoms with Gasteiger partial charge in [0.15, 0.2) is 0 Å². The summed E-state index contributed by atoms with van der Waals surface area (Å²) in [5, 5.41) is 3.41. The maximum Gasteiger partial charge on any atom is 0.125 e. The molecule has 1 aliphatic rings. The number of rotatable bonds is 2. The van der Waals surface area contributed by atoms with Gasteiger partial charge in [-0.2, -0.15) is 0 Å². The number of piperidine rings is 1. The zero-order valence-corrected chi connectivity index (χ0v) is 10.5. The van der Waals surface area contributed by atoms with E-state index in [9.17, 15) is 0 Å². The van der Waals surface area contributed by atoms with Gasteiger partial charge in [-0.05, 0) is 64.6 Å². The number of hydrogen-bond donors (Lipinski definition) is 1. The molecule has 88 valence electrons. The van der Waals surface area contributed by atoms with Crippen molar-refractivity contribution in [3.63, 3.8) is 0 Å². The van der Waals surface area contributed by atoms with E-state index in [-0.39, 0.29) is 0 Å². The Balaban J connectivity index is 2.14. The maximum atomic E-state index is 4.47. The van der Waals surface area contributed by atoms with Gasteiger partial charge in [-0.25, -0.2) is 9.97 Å². The molecule has 0 unspecified atom stereocenters. The first-order valence-corrected chi connectivity index (χ1v) is 6.18. The third kappa shape index (κ3) is 2.59. The second kappa shape index (κ2) is 4.91. The first kappa shape index (κ1) is 11.5. The molecule has 1 saturated heterocycles. The van der Waals surface area contributed by atoms with Gasteiger partial charge in [0.1, 0.15) is 5.82 Å². The SMILES string of the molecule is Cc1nc(C)c(CC2CCNCC2)c(C)n1. The van der Waals surface area contributed by atoms with E-state index >= 15 is 0 Å². The summed E-state index contributed by atoms with van der Waals surface area (Å²) in [7, 11) is 0. The third-order valence-corrected chi connectivity index (χ3v) is 3.48. The summed E-state index contributed by atoms with van der Waals surface area (Å²) < 4.78 is 0. The van der Waals surface area contributed by atoms with E-state index in [0.29, 0.717) is 0 Å². The van der Waals surface area contributed by atoms with Crippen molar-refractivity contribution in [3.8, 4) is 0 Å². The van der Waals surface area contributed by atoms with Crippen LogP contribution >= 0.6 is 0 Å². The Bertz CT molecular complexity index is 344. The topological polar surface area (TPSA) is 37.8 Å². The summed E-state index contributed by atoms with van der Waals surface area (Å²) in [5.41, 5.74) is 3.71. The molecule has 0 radical (unpaired) electrons. The van der Waals surface area contributed by atoms with E-state index in [1.807, 2.05) is 6.92 Å². The predicted molar refractivity (Wildman–Crippen MR) is 65.5 cm³/mol. The van der Waals surface area contributed by atoms with Crippen molar-refractivity contribution in [2.75, 3.05) is 13.1 Å². The first-order valence-electron chi connectivity index (χ1n) is 6.18.